The van der Waals surface area contributed by atoms with Gasteiger partial charge in [0, 0.05) is 12.5 Å². The fourth-order valence-corrected chi connectivity index (χ4v) is 1.60. The number of Topliss-reactive ketones (excluding diaryl/α,β-unsaturated/α-hetero) is 2. The van der Waals surface area contributed by atoms with Crippen LogP contribution in [0.4, 0.5) is 0 Å². The van der Waals surface area contributed by atoms with Gasteiger partial charge in [-0.1, -0.05) is 36.1 Å². The van der Waals surface area contributed by atoms with Gasteiger partial charge in [0.1, 0.15) is 0 Å². The lowest BCUT2D eigenvalue weighted by Gasteiger charge is -2.01. The standard InChI is InChI=1S/C16H16O3/c1-12(18)16(13(2)19)10-6-5-8-14-7-3-4-9-15(14)11-17/h3-4,7,9-10,17H,8,11H2,1-2H3. The van der Waals surface area contributed by atoms with Gasteiger partial charge in [-0.2, -0.15) is 0 Å². The van der Waals surface area contributed by atoms with E-state index in [2.05, 4.69) is 11.8 Å². The van der Waals surface area contributed by atoms with Crippen LogP contribution in [0.3, 0.4) is 0 Å². The van der Waals surface area contributed by atoms with Gasteiger partial charge in [-0.3, -0.25) is 9.59 Å². The number of carbonyl (C=O) groups excluding carboxylic acids is 2. The van der Waals surface area contributed by atoms with Crippen molar-refractivity contribution in [3.05, 3.63) is 47.0 Å². The Labute approximate surface area is 113 Å². The van der Waals surface area contributed by atoms with Gasteiger partial charge < -0.3 is 5.11 Å². The molecule has 19 heavy (non-hydrogen) atoms. The van der Waals surface area contributed by atoms with Gasteiger partial charge in [0.15, 0.2) is 11.6 Å². The number of benzene rings is 1. The van der Waals surface area contributed by atoms with Gasteiger partial charge in [0.25, 0.3) is 0 Å². The van der Waals surface area contributed by atoms with E-state index >= 15 is 0 Å². The molecule has 0 atom stereocenters. The van der Waals surface area contributed by atoms with E-state index < -0.39 is 0 Å². The Balaban J connectivity index is 2.83. The summed E-state index contributed by atoms with van der Waals surface area (Å²) in [5.41, 5.74) is 1.89. The maximum Gasteiger partial charge on any atom is 0.164 e. The smallest absolute Gasteiger partial charge is 0.164 e. The third-order valence-corrected chi connectivity index (χ3v) is 2.64. The Morgan fingerprint density at radius 1 is 1.16 bits per heavy atom. The lowest BCUT2D eigenvalue weighted by atomic mass is 10.1. The van der Waals surface area contributed by atoms with E-state index in [1.165, 1.54) is 19.9 Å². The van der Waals surface area contributed by atoms with Crippen LogP contribution >= 0.6 is 0 Å². The maximum absolute atomic E-state index is 11.2. The molecule has 3 nitrogen and oxygen atoms in total. The van der Waals surface area contributed by atoms with Crippen LogP contribution in [0.25, 0.3) is 0 Å². The van der Waals surface area contributed by atoms with Gasteiger partial charge in [0.2, 0.25) is 0 Å². The van der Waals surface area contributed by atoms with Crippen molar-refractivity contribution in [1.82, 2.24) is 0 Å². The molecule has 0 aliphatic heterocycles. The second-order valence-electron chi connectivity index (χ2n) is 4.10. The predicted molar refractivity (Wildman–Crippen MR) is 73.3 cm³/mol. The Bertz CT molecular complexity index is 555. The Morgan fingerprint density at radius 2 is 1.74 bits per heavy atom. The van der Waals surface area contributed by atoms with Crippen LogP contribution in [-0.2, 0) is 22.6 Å². The first-order chi connectivity index (χ1) is 9.06. The summed E-state index contributed by atoms with van der Waals surface area (Å²) in [6.45, 7) is 2.66. The average Bonchev–Trinajstić information content (AvgIpc) is 2.38. The van der Waals surface area contributed by atoms with Crippen LogP contribution in [0.1, 0.15) is 25.0 Å². The van der Waals surface area contributed by atoms with Crippen LogP contribution in [0.5, 0.6) is 0 Å². The van der Waals surface area contributed by atoms with Crippen molar-refractivity contribution in [2.75, 3.05) is 0 Å². The maximum atomic E-state index is 11.2. The lowest BCUT2D eigenvalue weighted by Crippen LogP contribution is -2.05. The SMILES string of the molecule is CC(=O)C(=CC#CCc1ccccc1CO)C(C)=O. The summed E-state index contributed by atoms with van der Waals surface area (Å²) in [6.07, 6.45) is 1.82. The summed E-state index contributed by atoms with van der Waals surface area (Å²) in [7, 11) is 0. The van der Waals surface area contributed by atoms with Crippen molar-refractivity contribution in [2.45, 2.75) is 26.9 Å². The van der Waals surface area contributed by atoms with Gasteiger partial charge in [-0.05, 0) is 25.0 Å². The zero-order valence-electron chi connectivity index (χ0n) is 11.1. The molecular formula is C16H16O3. The number of aliphatic hydroxyl groups is 1. The van der Waals surface area contributed by atoms with Gasteiger partial charge in [0.05, 0.1) is 12.2 Å². The second kappa shape index (κ2) is 7.30. The minimum Gasteiger partial charge on any atom is -0.392 e. The second-order valence-corrected chi connectivity index (χ2v) is 4.10. The van der Waals surface area contributed by atoms with E-state index in [1.807, 2.05) is 24.3 Å². The molecule has 1 aromatic rings. The highest BCUT2D eigenvalue weighted by molar-refractivity contribution is 6.18. The van der Waals surface area contributed by atoms with E-state index in [4.69, 9.17) is 5.11 Å². The first-order valence-electron chi connectivity index (χ1n) is 5.94. The summed E-state index contributed by atoms with van der Waals surface area (Å²) in [4.78, 5) is 22.3. The largest absolute Gasteiger partial charge is 0.392 e. The molecule has 0 heterocycles. The molecule has 0 radical (unpaired) electrons. The molecule has 1 aromatic carbocycles. The van der Waals surface area contributed by atoms with E-state index in [-0.39, 0.29) is 23.7 Å². The third-order valence-electron chi connectivity index (χ3n) is 2.64. The van der Waals surface area contributed by atoms with Gasteiger partial charge in [-0.15, -0.1) is 0 Å². The van der Waals surface area contributed by atoms with Crippen LogP contribution in [0, 0.1) is 11.8 Å². The van der Waals surface area contributed by atoms with E-state index in [9.17, 15) is 9.59 Å². The Hall–Kier alpha value is -2.18. The van der Waals surface area contributed by atoms with E-state index in [1.54, 1.807) is 0 Å². The number of rotatable bonds is 4. The van der Waals surface area contributed by atoms with Crippen LogP contribution in [-0.4, -0.2) is 16.7 Å². The van der Waals surface area contributed by atoms with Crippen LogP contribution < -0.4 is 0 Å². The van der Waals surface area contributed by atoms with Crippen molar-refractivity contribution in [3.63, 3.8) is 0 Å². The van der Waals surface area contributed by atoms with E-state index in [0.717, 1.165) is 11.1 Å². The highest BCUT2D eigenvalue weighted by atomic mass is 16.3. The molecule has 0 aliphatic rings. The summed E-state index contributed by atoms with van der Waals surface area (Å²) < 4.78 is 0. The molecule has 0 bridgehead atoms. The molecule has 1 rings (SSSR count). The fraction of sp³-hybridized carbons (Fsp3) is 0.250. The molecule has 0 fully saturated rings. The zero-order valence-corrected chi connectivity index (χ0v) is 11.1. The molecule has 0 spiro atoms. The molecule has 0 amide bonds. The van der Waals surface area contributed by atoms with Crippen molar-refractivity contribution >= 4 is 11.6 Å². The molecule has 0 saturated carbocycles. The average molecular weight is 256 g/mol. The van der Waals surface area contributed by atoms with Gasteiger partial charge >= 0.3 is 0 Å². The monoisotopic (exact) mass is 256 g/mol. The van der Waals surface area contributed by atoms with E-state index in [0.29, 0.717) is 6.42 Å². The third kappa shape index (κ3) is 4.53. The fourth-order valence-electron chi connectivity index (χ4n) is 1.60. The number of ketones is 2. The number of aliphatic hydroxyl groups excluding tert-OH is 1. The van der Waals surface area contributed by atoms with Crippen molar-refractivity contribution in [3.8, 4) is 11.8 Å². The first-order valence-corrected chi connectivity index (χ1v) is 5.94. The minimum absolute atomic E-state index is 0.0279. The Morgan fingerprint density at radius 3 is 2.26 bits per heavy atom. The summed E-state index contributed by atoms with van der Waals surface area (Å²) in [5.74, 6) is 5.03. The molecule has 0 aliphatic carbocycles. The summed E-state index contributed by atoms with van der Waals surface area (Å²) >= 11 is 0. The van der Waals surface area contributed by atoms with Crippen LogP contribution in [0.2, 0.25) is 0 Å². The number of carbonyl (C=O) groups is 2. The van der Waals surface area contributed by atoms with Gasteiger partial charge in [-0.25, -0.2) is 0 Å². The molecule has 0 aromatic heterocycles. The number of hydrogen-bond donors (Lipinski definition) is 1. The molecule has 0 saturated heterocycles. The first kappa shape index (κ1) is 14.9. The topological polar surface area (TPSA) is 54.4 Å². The van der Waals surface area contributed by atoms with Crippen molar-refractivity contribution < 1.29 is 14.7 Å². The molecule has 98 valence electrons. The predicted octanol–water partition coefficient (Wildman–Crippen LogP) is 1.83. The highest BCUT2D eigenvalue weighted by Crippen LogP contribution is 2.08. The molecule has 3 heteroatoms. The molecule has 1 N–H and O–H groups in total. The number of hydrogen-bond acceptors (Lipinski definition) is 3. The summed E-state index contributed by atoms with van der Waals surface area (Å²) in [5, 5.41) is 9.16. The lowest BCUT2D eigenvalue weighted by molar-refractivity contribution is -0.119. The summed E-state index contributed by atoms with van der Waals surface area (Å²) in [6, 6.07) is 7.46. The zero-order chi connectivity index (χ0) is 14.3. The highest BCUT2D eigenvalue weighted by Gasteiger charge is 2.07. The van der Waals surface area contributed by atoms with Crippen LogP contribution in [0.15, 0.2) is 35.9 Å². The Kier molecular flexibility index (Phi) is 5.72. The molecular weight excluding hydrogens is 240 g/mol. The van der Waals surface area contributed by atoms with Crippen molar-refractivity contribution in [1.29, 1.82) is 0 Å². The van der Waals surface area contributed by atoms with Crippen molar-refractivity contribution in [2.24, 2.45) is 0 Å². The molecule has 0 unspecified atom stereocenters. The minimum atomic E-state index is -0.280. The normalized spacial score (nSPS) is 9.21. The number of allylic oxidation sites excluding steroid dienone is 2. The quantitative estimate of drug-likeness (QED) is 0.387.